The van der Waals surface area contributed by atoms with Crippen LogP contribution in [-0.4, -0.2) is 36.4 Å². The second-order valence-corrected chi connectivity index (χ2v) is 3.44. The molecule has 0 aliphatic rings. The Morgan fingerprint density at radius 3 is 2.06 bits per heavy atom. The van der Waals surface area contributed by atoms with Gasteiger partial charge < -0.3 is 10.1 Å². The molecule has 0 unspecified atom stereocenters. The molecule has 0 saturated heterocycles. The van der Waals surface area contributed by atoms with Crippen LogP contribution in [-0.2, 0) is 19.1 Å². The molecule has 0 aliphatic heterocycles. The van der Waals surface area contributed by atoms with E-state index in [1.165, 1.54) is 5.32 Å². The van der Waals surface area contributed by atoms with E-state index < -0.39 is 35.3 Å². The zero-order chi connectivity index (χ0) is 13.8. The fourth-order valence-electron chi connectivity index (χ4n) is 0.869. The van der Waals surface area contributed by atoms with Crippen LogP contribution in [0.1, 0.15) is 6.92 Å². The van der Waals surface area contributed by atoms with Crippen molar-refractivity contribution in [3.8, 4) is 0 Å². The molecule has 0 bridgehead atoms. The molecule has 0 saturated carbocycles. The molecule has 98 valence electrons. The van der Waals surface area contributed by atoms with E-state index in [1.807, 2.05) is 0 Å². The lowest BCUT2D eigenvalue weighted by Crippen LogP contribution is -2.51. The van der Waals surface area contributed by atoms with Gasteiger partial charge in [0.1, 0.15) is 6.04 Å². The normalized spacial score (nSPS) is 14.7. The van der Waals surface area contributed by atoms with E-state index in [9.17, 15) is 27.6 Å². The monoisotopic (exact) mass is 275 g/mol. The van der Waals surface area contributed by atoms with Crippen LogP contribution >= 0.6 is 11.6 Å². The number of ether oxygens (including phenoxy) is 1. The minimum absolute atomic E-state index is 0.903. The van der Waals surface area contributed by atoms with Gasteiger partial charge in [-0.15, -0.1) is 0 Å². The summed E-state index contributed by atoms with van der Waals surface area (Å²) in [4.78, 5) is 32.5. The Labute approximate surface area is 99.2 Å². The fraction of sp³-hybridized carbons (Fsp3) is 0.625. The van der Waals surface area contributed by atoms with Crippen molar-refractivity contribution in [1.82, 2.24) is 5.32 Å². The number of rotatable bonds is 4. The highest BCUT2D eigenvalue weighted by Crippen LogP contribution is 2.17. The lowest BCUT2D eigenvalue weighted by molar-refractivity contribution is -0.176. The first kappa shape index (κ1) is 15.7. The zero-order valence-electron chi connectivity index (χ0n) is 8.80. The van der Waals surface area contributed by atoms with Crippen molar-refractivity contribution >= 4 is 28.7 Å². The maximum Gasteiger partial charge on any atom is 0.471 e. The number of carbonyl (C=O) groups excluding carboxylic acids is 3. The molecule has 0 heterocycles. The lowest BCUT2D eigenvalue weighted by Gasteiger charge is -2.20. The van der Waals surface area contributed by atoms with Gasteiger partial charge in [0.05, 0.1) is 13.0 Å². The molecule has 2 atom stereocenters. The summed E-state index contributed by atoms with van der Waals surface area (Å²) >= 11 is 5.04. The van der Waals surface area contributed by atoms with Crippen molar-refractivity contribution in [3.05, 3.63) is 0 Å². The van der Waals surface area contributed by atoms with Gasteiger partial charge in [-0.2, -0.15) is 13.2 Å². The van der Waals surface area contributed by atoms with Gasteiger partial charge in [-0.3, -0.25) is 9.59 Å². The maximum absolute atomic E-state index is 12.0. The summed E-state index contributed by atoms with van der Waals surface area (Å²) < 4.78 is 40.0. The molecule has 5 nitrogen and oxygen atoms in total. The number of halogens is 4. The highest BCUT2D eigenvalue weighted by molar-refractivity contribution is 6.64. The first-order valence-electron chi connectivity index (χ1n) is 4.26. The van der Waals surface area contributed by atoms with Gasteiger partial charge in [-0.05, 0) is 11.6 Å². The molecule has 0 aromatic rings. The van der Waals surface area contributed by atoms with Crippen molar-refractivity contribution in [3.63, 3.8) is 0 Å². The fourth-order valence-corrected chi connectivity index (χ4v) is 0.995. The van der Waals surface area contributed by atoms with Gasteiger partial charge in [0.25, 0.3) is 0 Å². The first-order valence-corrected chi connectivity index (χ1v) is 4.64. The van der Waals surface area contributed by atoms with Crippen LogP contribution in [0.5, 0.6) is 0 Å². The number of esters is 1. The number of hydrogen-bond donors (Lipinski definition) is 1. The Morgan fingerprint density at radius 2 is 1.76 bits per heavy atom. The van der Waals surface area contributed by atoms with E-state index in [2.05, 4.69) is 4.74 Å². The third-order valence-corrected chi connectivity index (χ3v) is 2.20. The average Bonchev–Trinajstić information content (AvgIpc) is 2.21. The van der Waals surface area contributed by atoms with Crippen LogP contribution in [0.15, 0.2) is 0 Å². The number of carbonyl (C=O) groups is 3. The Morgan fingerprint density at radius 1 is 1.29 bits per heavy atom. The van der Waals surface area contributed by atoms with E-state index in [-0.39, 0.29) is 0 Å². The minimum Gasteiger partial charge on any atom is -0.467 e. The van der Waals surface area contributed by atoms with Crippen molar-refractivity contribution in [2.45, 2.75) is 19.1 Å². The van der Waals surface area contributed by atoms with Crippen LogP contribution < -0.4 is 5.32 Å². The molecule has 0 fully saturated rings. The van der Waals surface area contributed by atoms with Crippen LogP contribution in [0.4, 0.5) is 13.2 Å². The Kier molecular flexibility index (Phi) is 5.40. The highest BCUT2D eigenvalue weighted by Gasteiger charge is 2.43. The van der Waals surface area contributed by atoms with Gasteiger partial charge in [-0.25, -0.2) is 4.79 Å². The minimum atomic E-state index is -5.17. The summed E-state index contributed by atoms with van der Waals surface area (Å²) in [6.45, 7) is 1.09. The topological polar surface area (TPSA) is 72.5 Å². The third-order valence-electron chi connectivity index (χ3n) is 1.86. The van der Waals surface area contributed by atoms with Gasteiger partial charge in [0.2, 0.25) is 5.24 Å². The van der Waals surface area contributed by atoms with Crippen LogP contribution in [0, 0.1) is 5.92 Å². The molecule has 9 heteroatoms. The molecule has 0 radical (unpaired) electrons. The van der Waals surface area contributed by atoms with Crippen molar-refractivity contribution in [2.24, 2.45) is 5.92 Å². The zero-order valence-corrected chi connectivity index (χ0v) is 9.56. The SMILES string of the molecule is COC(=O)[C@@H](NC(=O)C(F)(F)F)[C@H](C)C(=O)Cl. The molecule has 0 aliphatic carbocycles. The second-order valence-electron chi connectivity index (χ2n) is 3.06. The van der Waals surface area contributed by atoms with Crippen LogP contribution in [0.3, 0.4) is 0 Å². The summed E-state index contributed by atoms with van der Waals surface area (Å²) in [5.74, 6) is -4.88. The number of hydrogen-bond acceptors (Lipinski definition) is 4. The summed E-state index contributed by atoms with van der Waals surface area (Å²) in [6, 6.07) is -1.78. The number of methoxy groups -OCH3 is 1. The van der Waals surface area contributed by atoms with Gasteiger partial charge in [-0.1, -0.05) is 6.92 Å². The van der Waals surface area contributed by atoms with Crippen molar-refractivity contribution in [1.29, 1.82) is 0 Å². The van der Waals surface area contributed by atoms with Crippen LogP contribution in [0.25, 0.3) is 0 Å². The van der Waals surface area contributed by atoms with Crippen molar-refractivity contribution < 1.29 is 32.3 Å². The largest absolute Gasteiger partial charge is 0.471 e. The molecule has 0 aromatic heterocycles. The molecule has 0 aromatic carbocycles. The molecular formula is C8H9ClF3NO4. The summed E-state index contributed by atoms with van der Waals surface area (Å²) in [5.41, 5.74) is 0. The highest BCUT2D eigenvalue weighted by atomic mass is 35.5. The number of alkyl halides is 3. The van der Waals surface area contributed by atoms with E-state index >= 15 is 0 Å². The second kappa shape index (κ2) is 5.85. The molecule has 0 rings (SSSR count). The van der Waals surface area contributed by atoms with E-state index in [0.29, 0.717) is 0 Å². The molecule has 17 heavy (non-hydrogen) atoms. The lowest BCUT2D eigenvalue weighted by atomic mass is 10.0. The predicted molar refractivity (Wildman–Crippen MR) is 50.0 cm³/mol. The number of nitrogens with one attached hydrogen (secondary N) is 1. The summed E-state index contributed by atoms with van der Waals surface area (Å²) in [5, 5.41) is 0.278. The quantitative estimate of drug-likeness (QED) is 0.603. The van der Waals surface area contributed by atoms with E-state index in [4.69, 9.17) is 11.6 Å². The molecular weight excluding hydrogens is 267 g/mol. The molecule has 1 amide bonds. The van der Waals surface area contributed by atoms with E-state index in [1.54, 1.807) is 0 Å². The van der Waals surface area contributed by atoms with Crippen molar-refractivity contribution in [2.75, 3.05) is 7.11 Å². The standard InChI is InChI=1S/C8H9ClF3NO4/c1-3(5(9)14)4(6(15)17-2)13-7(16)8(10,11)12/h3-4H,1-2H3,(H,13,16)/t3-,4-/m0/s1. The summed E-state index contributed by atoms with van der Waals surface area (Å²) in [6.07, 6.45) is -5.17. The van der Waals surface area contributed by atoms with Gasteiger partial charge in [0, 0.05) is 0 Å². The Bertz CT molecular complexity index is 331. The Hall–Kier alpha value is -1.31. The Balaban J connectivity index is 4.91. The molecule has 1 N–H and O–H groups in total. The predicted octanol–water partition coefficient (Wildman–Crippen LogP) is 0.608. The molecule has 0 spiro atoms. The number of amides is 1. The van der Waals surface area contributed by atoms with Gasteiger partial charge >= 0.3 is 18.1 Å². The third kappa shape index (κ3) is 4.59. The summed E-state index contributed by atoms with van der Waals surface area (Å²) in [7, 11) is 0.903. The average molecular weight is 276 g/mol. The first-order chi connectivity index (χ1) is 7.61. The smallest absolute Gasteiger partial charge is 0.467 e. The van der Waals surface area contributed by atoms with E-state index in [0.717, 1.165) is 14.0 Å². The maximum atomic E-state index is 12.0. The van der Waals surface area contributed by atoms with Gasteiger partial charge in [0.15, 0.2) is 0 Å². The van der Waals surface area contributed by atoms with Crippen LogP contribution in [0.2, 0.25) is 0 Å².